The molecule has 1 atom stereocenters. The van der Waals surface area contributed by atoms with E-state index in [9.17, 15) is 9.59 Å². The summed E-state index contributed by atoms with van der Waals surface area (Å²) in [6, 6.07) is 6.00. The molecule has 3 rings (SSSR count). The maximum absolute atomic E-state index is 13.0. The van der Waals surface area contributed by atoms with Crippen LogP contribution >= 0.6 is 11.3 Å². The van der Waals surface area contributed by atoms with Crippen LogP contribution in [0.1, 0.15) is 64.8 Å². The molecule has 1 aromatic carbocycles. The van der Waals surface area contributed by atoms with Crippen LogP contribution in [0.3, 0.4) is 0 Å². The number of carbonyl (C=O) groups excluding carboxylic acids is 2. The second kappa shape index (κ2) is 8.86. The van der Waals surface area contributed by atoms with Gasteiger partial charge in [-0.15, -0.1) is 11.3 Å². The van der Waals surface area contributed by atoms with E-state index in [1.54, 1.807) is 11.3 Å². The number of thiazole rings is 1. The minimum Gasteiger partial charge on any atom is -0.350 e. The van der Waals surface area contributed by atoms with Gasteiger partial charge in [0.25, 0.3) is 5.91 Å². The van der Waals surface area contributed by atoms with Crippen LogP contribution < -0.4 is 5.32 Å². The molecule has 1 N–H and O–H groups in total. The summed E-state index contributed by atoms with van der Waals surface area (Å²) >= 11 is 1.63. The molecule has 2 aromatic rings. The molecule has 0 saturated carbocycles. The number of hydrogen-bond donors (Lipinski definition) is 1. The first-order valence-corrected chi connectivity index (χ1v) is 10.8. The molecule has 1 aliphatic rings. The molecule has 1 aromatic heterocycles. The summed E-state index contributed by atoms with van der Waals surface area (Å²) in [5, 5.41) is 5.99. The van der Waals surface area contributed by atoms with Gasteiger partial charge in [-0.25, -0.2) is 4.98 Å². The average Bonchev–Trinajstić information content (AvgIpc) is 3.14. The standard InChI is InChI=1S/C22H29N3O2S/c1-14(2)20(26)23-11-18-13-28-21(24-18)17-6-5-9-25(12-17)22(27)19-8-7-15(3)10-16(19)4/h7-8,10,13-14,17H,5-6,9,11-12H2,1-4H3,(H,23,26)/t17-/m1/s1. The molecule has 2 amide bonds. The summed E-state index contributed by atoms with van der Waals surface area (Å²) in [6.45, 7) is 9.77. The highest BCUT2D eigenvalue weighted by atomic mass is 32.1. The van der Waals surface area contributed by atoms with Gasteiger partial charge in [-0.1, -0.05) is 31.5 Å². The normalized spacial score (nSPS) is 17.0. The Morgan fingerprint density at radius 1 is 1.32 bits per heavy atom. The van der Waals surface area contributed by atoms with Crippen molar-refractivity contribution in [1.82, 2.24) is 15.2 Å². The zero-order valence-electron chi connectivity index (χ0n) is 17.1. The molecule has 0 spiro atoms. The Hall–Kier alpha value is -2.21. The van der Waals surface area contributed by atoms with Gasteiger partial charge >= 0.3 is 0 Å². The maximum Gasteiger partial charge on any atom is 0.254 e. The fourth-order valence-electron chi connectivity index (χ4n) is 3.56. The molecule has 28 heavy (non-hydrogen) atoms. The van der Waals surface area contributed by atoms with Gasteiger partial charge in [-0.2, -0.15) is 0 Å². The number of aromatic nitrogens is 1. The summed E-state index contributed by atoms with van der Waals surface area (Å²) in [4.78, 5) is 31.5. The smallest absolute Gasteiger partial charge is 0.254 e. The number of aryl methyl sites for hydroxylation is 2. The Balaban J connectivity index is 1.65. The number of amides is 2. The van der Waals surface area contributed by atoms with E-state index in [0.29, 0.717) is 13.1 Å². The molecular weight excluding hydrogens is 370 g/mol. The highest BCUT2D eigenvalue weighted by Crippen LogP contribution is 2.30. The number of rotatable bonds is 5. The van der Waals surface area contributed by atoms with Gasteiger partial charge in [-0.05, 0) is 38.3 Å². The van der Waals surface area contributed by atoms with Gasteiger partial charge in [0.05, 0.1) is 17.2 Å². The Morgan fingerprint density at radius 2 is 2.11 bits per heavy atom. The third-order valence-corrected chi connectivity index (χ3v) is 6.26. The lowest BCUT2D eigenvalue weighted by Gasteiger charge is -2.32. The average molecular weight is 400 g/mol. The van der Waals surface area contributed by atoms with E-state index in [1.807, 2.05) is 50.1 Å². The predicted octanol–water partition coefficient (Wildman–Crippen LogP) is 4.05. The van der Waals surface area contributed by atoms with Crippen molar-refractivity contribution in [2.75, 3.05) is 13.1 Å². The number of carbonyl (C=O) groups is 2. The van der Waals surface area contributed by atoms with E-state index in [0.717, 1.165) is 41.2 Å². The van der Waals surface area contributed by atoms with Crippen LogP contribution in [0.15, 0.2) is 23.6 Å². The van der Waals surface area contributed by atoms with Crippen LogP contribution in [0.2, 0.25) is 0 Å². The molecule has 0 unspecified atom stereocenters. The van der Waals surface area contributed by atoms with Crippen molar-refractivity contribution >= 4 is 23.2 Å². The zero-order chi connectivity index (χ0) is 20.3. The molecule has 150 valence electrons. The van der Waals surface area contributed by atoms with Gasteiger partial charge in [0.15, 0.2) is 0 Å². The quantitative estimate of drug-likeness (QED) is 0.825. The highest BCUT2D eigenvalue weighted by molar-refractivity contribution is 7.09. The van der Waals surface area contributed by atoms with Gasteiger partial charge in [-0.3, -0.25) is 9.59 Å². The lowest BCUT2D eigenvalue weighted by Crippen LogP contribution is -2.39. The van der Waals surface area contributed by atoms with Gasteiger partial charge < -0.3 is 10.2 Å². The van der Waals surface area contributed by atoms with E-state index < -0.39 is 0 Å². The van der Waals surface area contributed by atoms with Gasteiger partial charge in [0.2, 0.25) is 5.91 Å². The van der Waals surface area contributed by atoms with E-state index >= 15 is 0 Å². The van der Waals surface area contributed by atoms with Crippen LogP contribution in [0, 0.1) is 19.8 Å². The van der Waals surface area contributed by atoms with E-state index in [-0.39, 0.29) is 23.7 Å². The molecule has 1 aliphatic heterocycles. The minimum atomic E-state index is -0.0266. The van der Waals surface area contributed by atoms with E-state index in [1.165, 1.54) is 5.56 Å². The minimum absolute atomic E-state index is 0.0266. The van der Waals surface area contributed by atoms with Crippen LogP contribution in [0.4, 0.5) is 0 Å². The molecule has 5 nitrogen and oxygen atoms in total. The van der Waals surface area contributed by atoms with Crippen LogP contribution in [0.5, 0.6) is 0 Å². The summed E-state index contributed by atoms with van der Waals surface area (Å²) in [5.41, 5.74) is 3.89. The zero-order valence-corrected chi connectivity index (χ0v) is 17.9. The Bertz CT molecular complexity index is 859. The summed E-state index contributed by atoms with van der Waals surface area (Å²) in [5.74, 6) is 0.393. The fourth-order valence-corrected chi connectivity index (χ4v) is 4.51. The van der Waals surface area contributed by atoms with Crippen molar-refractivity contribution in [3.8, 4) is 0 Å². The Morgan fingerprint density at radius 3 is 2.82 bits per heavy atom. The first-order chi connectivity index (χ1) is 13.3. The summed E-state index contributed by atoms with van der Waals surface area (Å²) < 4.78 is 0. The summed E-state index contributed by atoms with van der Waals surface area (Å²) in [7, 11) is 0. The third kappa shape index (κ3) is 4.79. The third-order valence-electron chi connectivity index (χ3n) is 5.21. The van der Waals surface area contributed by atoms with Crippen LogP contribution in [-0.2, 0) is 11.3 Å². The number of piperidine rings is 1. The number of nitrogens with one attached hydrogen (secondary N) is 1. The van der Waals surface area contributed by atoms with Crippen molar-refractivity contribution in [3.05, 3.63) is 51.0 Å². The first kappa shape index (κ1) is 20.5. The molecular formula is C22H29N3O2S. The molecule has 2 heterocycles. The lowest BCUT2D eigenvalue weighted by atomic mass is 9.97. The Labute approximate surface area is 171 Å². The number of hydrogen-bond acceptors (Lipinski definition) is 4. The van der Waals surface area contributed by atoms with Crippen molar-refractivity contribution in [3.63, 3.8) is 0 Å². The van der Waals surface area contributed by atoms with Crippen molar-refractivity contribution in [1.29, 1.82) is 0 Å². The summed E-state index contributed by atoms with van der Waals surface area (Å²) in [6.07, 6.45) is 2.03. The first-order valence-electron chi connectivity index (χ1n) is 9.93. The topological polar surface area (TPSA) is 62.3 Å². The maximum atomic E-state index is 13.0. The Kier molecular flexibility index (Phi) is 6.50. The predicted molar refractivity (Wildman–Crippen MR) is 113 cm³/mol. The van der Waals surface area contributed by atoms with E-state index in [2.05, 4.69) is 11.4 Å². The molecule has 0 bridgehead atoms. The monoisotopic (exact) mass is 399 g/mol. The SMILES string of the molecule is Cc1ccc(C(=O)N2CCC[C@@H](c3nc(CNC(=O)C(C)C)cs3)C2)c(C)c1. The molecule has 0 radical (unpaired) electrons. The number of benzene rings is 1. The van der Waals surface area contributed by atoms with Gasteiger partial charge in [0, 0.05) is 35.9 Å². The van der Waals surface area contributed by atoms with Gasteiger partial charge in [0.1, 0.15) is 0 Å². The molecule has 6 heteroatoms. The van der Waals surface area contributed by atoms with E-state index in [4.69, 9.17) is 4.98 Å². The largest absolute Gasteiger partial charge is 0.350 e. The van der Waals surface area contributed by atoms with Crippen molar-refractivity contribution in [2.24, 2.45) is 5.92 Å². The second-order valence-corrected chi connectivity index (χ2v) is 8.85. The molecule has 1 saturated heterocycles. The number of nitrogens with zero attached hydrogens (tertiary/aromatic N) is 2. The highest BCUT2D eigenvalue weighted by Gasteiger charge is 2.28. The molecule has 1 fully saturated rings. The van der Waals surface area contributed by atoms with Crippen molar-refractivity contribution < 1.29 is 9.59 Å². The fraction of sp³-hybridized carbons (Fsp3) is 0.500. The molecule has 0 aliphatic carbocycles. The number of likely N-dealkylation sites (tertiary alicyclic amines) is 1. The van der Waals surface area contributed by atoms with Crippen molar-refractivity contribution in [2.45, 2.75) is 53.0 Å². The second-order valence-electron chi connectivity index (χ2n) is 7.96. The van der Waals surface area contributed by atoms with Crippen LogP contribution in [-0.4, -0.2) is 34.8 Å². The lowest BCUT2D eigenvalue weighted by molar-refractivity contribution is -0.124. The van der Waals surface area contributed by atoms with Crippen LogP contribution in [0.25, 0.3) is 0 Å².